The zero-order valence-corrected chi connectivity index (χ0v) is 13.1. The number of hydrogen-bond acceptors (Lipinski definition) is 10. The average molecular weight is 340 g/mol. The van der Waals surface area contributed by atoms with Crippen molar-refractivity contribution >= 4 is 22.9 Å². The maximum absolute atomic E-state index is 10.6. The number of nitrogens with zero attached hydrogens (tertiary/aromatic N) is 4. The molecule has 6 N–H and O–H groups in total. The minimum absolute atomic E-state index is 0.0131. The van der Waals surface area contributed by atoms with E-state index < -0.39 is 24.5 Å². The minimum atomic E-state index is -1.05. The third-order valence-corrected chi connectivity index (χ3v) is 3.83. The molecule has 0 bridgehead atoms. The van der Waals surface area contributed by atoms with E-state index in [4.69, 9.17) is 25.7 Å². The number of fused-ring (bicyclic) bond motifs is 1. The lowest BCUT2D eigenvalue weighted by Crippen LogP contribution is -2.37. The van der Waals surface area contributed by atoms with E-state index in [2.05, 4.69) is 15.0 Å². The highest BCUT2D eigenvalue weighted by Gasteiger charge is 2.45. The number of nitrogen functional groups attached to an aromatic ring is 2. The maximum atomic E-state index is 10.6. The second kappa shape index (κ2) is 6.83. The Morgan fingerprint density at radius 3 is 2.83 bits per heavy atom. The van der Waals surface area contributed by atoms with Gasteiger partial charge in [0.15, 0.2) is 17.7 Å². The first-order valence-electron chi connectivity index (χ1n) is 7.37. The summed E-state index contributed by atoms with van der Waals surface area (Å²) in [6.07, 6.45) is -1.89. The molecule has 0 spiro atoms. The van der Waals surface area contributed by atoms with Gasteiger partial charge in [0.25, 0.3) is 0 Å². The summed E-state index contributed by atoms with van der Waals surface area (Å²) in [5.41, 5.74) is 12.1. The van der Waals surface area contributed by atoms with Crippen molar-refractivity contribution in [3.05, 3.63) is 6.33 Å². The monoisotopic (exact) mass is 340 g/mol. The smallest absolute Gasteiger partial charge is 0.224 e. The molecule has 1 aliphatic rings. The number of aliphatic hydroxyl groups is 2. The molecule has 3 heterocycles. The summed E-state index contributed by atoms with van der Waals surface area (Å²) in [7, 11) is 1.55. The molecule has 0 radical (unpaired) electrons. The van der Waals surface area contributed by atoms with E-state index in [0.717, 1.165) is 0 Å². The Labute approximate surface area is 137 Å². The van der Waals surface area contributed by atoms with Gasteiger partial charge in [0, 0.05) is 7.11 Å². The summed E-state index contributed by atoms with van der Waals surface area (Å²) in [6.45, 7) is 0.314. The minimum Gasteiger partial charge on any atom is -0.394 e. The summed E-state index contributed by atoms with van der Waals surface area (Å²) in [6, 6.07) is 0. The van der Waals surface area contributed by atoms with Crippen LogP contribution in [-0.4, -0.2) is 75.0 Å². The number of imidazole rings is 1. The third kappa shape index (κ3) is 2.87. The van der Waals surface area contributed by atoms with Gasteiger partial charge in [0.1, 0.15) is 23.8 Å². The fourth-order valence-corrected chi connectivity index (χ4v) is 2.71. The number of rotatable bonds is 6. The molecule has 1 saturated heterocycles. The number of nitrogens with two attached hydrogens (primary N) is 2. The maximum Gasteiger partial charge on any atom is 0.224 e. The lowest BCUT2D eigenvalue weighted by Gasteiger charge is -2.19. The molecule has 2 aromatic heterocycles. The van der Waals surface area contributed by atoms with Gasteiger partial charge >= 0.3 is 0 Å². The summed E-state index contributed by atoms with van der Waals surface area (Å²) in [5.74, 6) is 0.121. The molecule has 0 aromatic carbocycles. The molecule has 1 fully saturated rings. The fraction of sp³-hybridized carbons (Fsp3) is 0.615. The molecule has 0 saturated carbocycles. The Balaban J connectivity index is 1.89. The van der Waals surface area contributed by atoms with Gasteiger partial charge in [-0.1, -0.05) is 0 Å². The first-order valence-corrected chi connectivity index (χ1v) is 7.37. The van der Waals surface area contributed by atoms with Crippen LogP contribution in [0, 0.1) is 0 Å². The molecule has 2 aromatic rings. The number of anilines is 2. The summed E-state index contributed by atoms with van der Waals surface area (Å²) < 4.78 is 17.7. The summed E-state index contributed by atoms with van der Waals surface area (Å²) in [4.78, 5) is 12.1. The highest BCUT2D eigenvalue weighted by atomic mass is 16.6. The number of aliphatic hydroxyl groups excluding tert-OH is 2. The number of hydrogen-bond donors (Lipinski definition) is 4. The van der Waals surface area contributed by atoms with E-state index in [0.29, 0.717) is 17.8 Å². The van der Waals surface area contributed by atoms with Crippen LogP contribution in [0.4, 0.5) is 11.8 Å². The Hall–Kier alpha value is -2.05. The Kier molecular flexibility index (Phi) is 4.78. The first kappa shape index (κ1) is 16.8. The van der Waals surface area contributed by atoms with Gasteiger partial charge in [0.05, 0.1) is 26.1 Å². The molecule has 132 valence electrons. The van der Waals surface area contributed by atoms with E-state index in [1.165, 1.54) is 10.9 Å². The Morgan fingerprint density at radius 2 is 2.12 bits per heavy atom. The second-order valence-corrected chi connectivity index (χ2v) is 5.36. The average Bonchev–Trinajstić information content (AvgIpc) is 3.09. The largest absolute Gasteiger partial charge is 0.394 e. The fourth-order valence-electron chi connectivity index (χ4n) is 2.71. The van der Waals surface area contributed by atoms with Crippen molar-refractivity contribution in [2.45, 2.75) is 24.5 Å². The predicted molar refractivity (Wildman–Crippen MR) is 82.8 cm³/mol. The molecular weight excluding hydrogens is 320 g/mol. The quantitative estimate of drug-likeness (QED) is 0.444. The predicted octanol–water partition coefficient (Wildman–Crippen LogP) is -1.73. The van der Waals surface area contributed by atoms with E-state index >= 15 is 0 Å². The van der Waals surface area contributed by atoms with Crippen molar-refractivity contribution in [1.82, 2.24) is 19.5 Å². The van der Waals surface area contributed by atoms with Crippen LogP contribution in [0.15, 0.2) is 6.33 Å². The van der Waals surface area contributed by atoms with Crippen LogP contribution >= 0.6 is 0 Å². The highest BCUT2D eigenvalue weighted by molar-refractivity contribution is 5.82. The van der Waals surface area contributed by atoms with Gasteiger partial charge in [-0.3, -0.25) is 4.57 Å². The van der Waals surface area contributed by atoms with Crippen molar-refractivity contribution in [3.63, 3.8) is 0 Å². The van der Waals surface area contributed by atoms with Crippen molar-refractivity contribution in [2.24, 2.45) is 0 Å². The van der Waals surface area contributed by atoms with Gasteiger partial charge in [0.2, 0.25) is 5.95 Å². The molecule has 0 aliphatic carbocycles. The van der Waals surface area contributed by atoms with Crippen LogP contribution in [0.2, 0.25) is 0 Å². The topological polar surface area (TPSA) is 164 Å². The van der Waals surface area contributed by atoms with Gasteiger partial charge in [-0.25, -0.2) is 4.98 Å². The SMILES string of the molecule is COCCOC1C(CO)OC(n2cnc3c(N)nc(N)nc32)C1O. The molecule has 11 nitrogen and oxygen atoms in total. The molecule has 4 unspecified atom stereocenters. The van der Waals surface area contributed by atoms with Crippen LogP contribution in [0.3, 0.4) is 0 Å². The normalized spacial score (nSPS) is 27.1. The lowest BCUT2D eigenvalue weighted by atomic mass is 10.1. The third-order valence-electron chi connectivity index (χ3n) is 3.83. The van der Waals surface area contributed by atoms with Gasteiger partial charge in [-0.05, 0) is 0 Å². The lowest BCUT2D eigenvalue weighted by molar-refractivity contribution is -0.0678. The van der Waals surface area contributed by atoms with E-state index in [9.17, 15) is 10.2 Å². The molecule has 1 aliphatic heterocycles. The van der Waals surface area contributed by atoms with Crippen molar-refractivity contribution in [1.29, 1.82) is 0 Å². The van der Waals surface area contributed by atoms with Gasteiger partial charge in [-0.2, -0.15) is 9.97 Å². The molecule has 4 atom stereocenters. The number of ether oxygens (including phenoxy) is 3. The molecule has 3 rings (SSSR count). The Bertz CT molecular complexity index is 709. The van der Waals surface area contributed by atoms with Crippen LogP contribution in [0.5, 0.6) is 0 Å². The molecule has 0 amide bonds. The van der Waals surface area contributed by atoms with Crippen LogP contribution in [-0.2, 0) is 14.2 Å². The van der Waals surface area contributed by atoms with E-state index in [1.807, 2.05) is 0 Å². The van der Waals surface area contributed by atoms with Gasteiger partial charge < -0.3 is 35.9 Å². The van der Waals surface area contributed by atoms with Crippen LogP contribution in [0.1, 0.15) is 6.23 Å². The zero-order valence-electron chi connectivity index (χ0n) is 13.1. The zero-order chi connectivity index (χ0) is 17.3. The van der Waals surface area contributed by atoms with Crippen molar-refractivity contribution in [2.75, 3.05) is 38.4 Å². The van der Waals surface area contributed by atoms with Crippen molar-refractivity contribution in [3.8, 4) is 0 Å². The Morgan fingerprint density at radius 1 is 1.33 bits per heavy atom. The molecule has 11 heteroatoms. The standard InChI is InChI=1S/C13H20N6O5/c1-22-2-3-23-9-6(4-20)24-12(8(9)21)19-5-16-7-10(14)17-13(15)18-11(7)19/h5-6,8-9,12,20-21H,2-4H2,1H3,(H4,14,15,17,18). The van der Waals surface area contributed by atoms with Crippen LogP contribution in [0.25, 0.3) is 11.2 Å². The summed E-state index contributed by atoms with van der Waals surface area (Å²) in [5, 5.41) is 20.1. The van der Waals surface area contributed by atoms with Crippen LogP contribution < -0.4 is 11.5 Å². The van der Waals surface area contributed by atoms with E-state index in [1.54, 1.807) is 7.11 Å². The second-order valence-electron chi connectivity index (χ2n) is 5.36. The number of methoxy groups -OCH3 is 1. The van der Waals surface area contributed by atoms with E-state index in [-0.39, 0.29) is 25.0 Å². The van der Waals surface area contributed by atoms with Gasteiger partial charge in [-0.15, -0.1) is 0 Å². The first-order chi connectivity index (χ1) is 11.6. The summed E-state index contributed by atoms with van der Waals surface area (Å²) >= 11 is 0. The highest BCUT2D eigenvalue weighted by Crippen LogP contribution is 2.33. The molecule has 24 heavy (non-hydrogen) atoms. The van der Waals surface area contributed by atoms with Crippen molar-refractivity contribution < 1.29 is 24.4 Å². The molecular formula is C13H20N6O5. The number of aromatic nitrogens is 4.